The van der Waals surface area contributed by atoms with Crippen LogP contribution in [-0.2, 0) is 4.79 Å². The van der Waals surface area contributed by atoms with Crippen molar-refractivity contribution in [2.75, 3.05) is 33.2 Å². The van der Waals surface area contributed by atoms with Crippen molar-refractivity contribution >= 4 is 5.97 Å². The number of nitrogens with zero attached hydrogens (tertiary/aromatic N) is 2. The lowest BCUT2D eigenvalue weighted by molar-refractivity contribution is -0.142. The van der Waals surface area contributed by atoms with Gasteiger partial charge in [-0.1, -0.05) is 13.3 Å². The van der Waals surface area contributed by atoms with E-state index in [0.29, 0.717) is 12.3 Å². The summed E-state index contributed by atoms with van der Waals surface area (Å²) in [6.45, 7) is 6.40. The number of carboxylic acid groups (broad SMARTS) is 1. The standard InChI is InChI=1S/C13H24N2O2/c1-11-4-3-5-13(11,10-12(16)17)15-8-6-14(2)7-9-15/h11H,3-10H2,1-2H3,(H,16,17). The maximum atomic E-state index is 11.2. The maximum Gasteiger partial charge on any atom is 0.305 e. The van der Waals surface area contributed by atoms with Crippen LogP contribution in [-0.4, -0.2) is 59.6 Å². The van der Waals surface area contributed by atoms with Crippen LogP contribution >= 0.6 is 0 Å². The molecular weight excluding hydrogens is 216 g/mol. The van der Waals surface area contributed by atoms with Crippen LogP contribution in [0.5, 0.6) is 0 Å². The fraction of sp³-hybridized carbons (Fsp3) is 0.923. The molecule has 1 heterocycles. The van der Waals surface area contributed by atoms with Crippen molar-refractivity contribution < 1.29 is 9.90 Å². The van der Waals surface area contributed by atoms with E-state index in [1.54, 1.807) is 0 Å². The first kappa shape index (κ1) is 12.8. The first-order valence-corrected chi connectivity index (χ1v) is 6.70. The summed E-state index contributed by atoms with van der Waals surface area (Å²) in [6.07, 6.45) is 3.74. The van der Waals surface area contributed by atoms with Gasteiger partial charge >= 0.3 is 5.97 Å². The smallest absolute Gasteiger partial charge is 0.305 e. The molecule has 0 bridgehead atoms. The zero-order valence-electron chi connectivity index (χ0n) is 11.0. The largest absolute Gasteiger partial charge is 0.481 e. The van der Waals surface area contributed by atoms with Gasteiger partial charge in [-0.15, -0.1) is 0 Å². The van der Waals surface area contributed by atoms with E-state index >= 15 is 0 Å². The molecule has 0 amide bonds. The molecule has 0 aromatic heterocycles. The minimum atomic E-state index is -0.641. The molecule has 1 saturated heterocycles. The second-order valence-electron chi connectivity index (χ2n) is 5.76. The Morgan fingerprint density at radius 2 is 2.00 bits per heavy atom. The van der Waals surface area contributed by atoms with Gasteiger partial charge in [-0.2, -0.15) is 0 Å². The van der Waals surface area contributed by atoms with Crippen molar-refractivity contribution in [1.29, 1.82) is 0 Å². The van der Waals surface area contributed by atoms with Crippen LogP contribution in [0.4, 0.5) is 0 Å². The summed E-state index contributed by atoms with van der Waals surface area (Å²) in [5.74, 6) is -0.125. The quantitative estimate of drug-likeness (QED) is 0.807. The maximum absolute atomic E-state index is 11.2. The fourth-order valence-electron chi connectivity index (χ4n) is 3.59. The van der Waals surface area contributed by atoms with Crippen LogP contribution < -0.4 is 0 Å². The van der Waals surface area contributed by atoms with Gasteiger partial charge in [0.15, 0.2) is 0 Å². The van der Waals surface area contributed by atoms with Crippen LogP contribution in [0.2, 0.25) is 0 Å². The predicted octanol–water partition coefficient (Wildman–Crippen LogP) is 1.27. The van der Waals surface area contributed by atoms with E-state index in [2.05, 4.69) is 23.8 Å². The van der Waals surface area contributed by atoms with Gasteiger partial charge in [0.2, 0.25) is 0 Å². The van der Waals surface area contributed by atoms with E-state index in [0.717, 1.165) is 32.6 Å². The highest BCUT2D eigenvalue weighted by Gasteiger charge is 2.46. The number of carbonyl (C=O) groups is 1. The first-order chi connectivity index (χ1) is 8.04. The molecule has 1 saturated carbocycles. The predicted molar refractivity (Wildman–Crippen MR) is 67.1 cm³/mol. The Bertz CT molecular complexity index is 287. The summed E-state index contributed by atoms with van der Waals surface area (Å²) in [5, 5.41) is 9.20. The Kier molecular flexibility index (Phi) is 3.73. The number of piperazine rings is 1. The number of hydrogen-bond donors (Lipinski definition) is 1. The second-order valence-corrected chi connectivity index (χ2v) is 5.76. The molecule has 1 aliphatic carbocycles. The second kappa shape index (κ2) is 4.94. The highest BCUT2D eigenvalue weighted by atomic mass is 16.4. The molecule has 2 rings (SSSR count). The summed E-state index contributed by atoms with van der Waals surface area (Å²) in [4.78, 5) is 16.0. The van der Waals surface area contributed by atoms with Crippen LogP contribution in [0.1, 0.15) is 32.6 Å². The van der Waals surface area contributed by atoms with E-state index in [1.165, 1.54) is 12.8 Å². The van der Waals surface area contributed by atoms with Crippen LogP contribution in [0, 0.1) is 5.92 Å². The van der Waals surface area contributed by atoms with E-state index in [-0.39, 0.29) is 5.54 Å². The average Bonchev–Trinajstić information content (AvgIpc) is 2.61. The molecule has 0 aromatic rings. The van der Waals surface area contributed by atoms with Crippen molar-refractivity contribution in [3.8, 4) is 0 Å². The zero-order valence-corrected chi connectivity index (χ0v) is 11.0. The molecule has 2 fully saturated rings. The molecule has 2 aliphatic rings. The molecule has 1 N–H and O–H groups in total. The van der Waals surface area contributed by atoms with Crippen LogP contribution in [0.3, 0.4) is 0 Å². The van der Waals surface area contributed by atoms with Crippen LogP contribution in [0.15, 0.2) is 0 Å². The number of aliphatic carboxylic acids is 1. The first-order valence-electron chi connectivity index (χ1n) is 6.70. The SMILES string of the molecule is CC1CCCC1(CC(=O)O)N1CCN(C)CC1. The summed E-state index contributed by atoms with van der Waals surface area (Å²) >= 11 is 0. The van der Waals surface area contributed by atoms with Crippen LogP contribution in [0.25, 0.3) is 0 Å². The molecule has 4 heteroatoms. The van der Waals surface area contributed by atoms with E-state index in [1.807, 2.05) is 0 Å². The summed E-state index contributed by atoms with van der Waals surface area (Å²) in [6, 6.07) is 0. The van der Waals surface area contributed by atoms with Crippen molar-refractivity contribution in [3.05, 3.63) is 0 Å². The molecule has 0 spiro atoms. The van der Waals surface area contributed by atoms with Gasteiger partial charge in [-0.25, -0.2) is 0 Å². The van der Waals surface area contributed by atoms with Gasteiger partial charge in [-0.05, 0) is 25.8 Å². The van der Waals surface area contributed by atoms with Gasteiger partial charge < -0.3 is 10.0 Å². The van der Waals surface area contributed by atoms with Gasteiger partial charge in [0.05, 0.1) is 6.42 Å². The van der Waals surface area contributed by atoms with Crippen molar-refractivity contribution in [1.82, 2.24) is 9.80 Å². The molecule has 0 aromatic carbocycles. The number of likely N-dealkylation sites (N-methyl/N-ethyl adjacent to an activating group) is 1. The third-order valence-corrected chi connectivity index (χ3v) is 4.75. The Morgan fingerprint density at radius 3 is 2.47 bits per heavy atom. The number of rotatable bonds is 3. The Morgan fingerprint density at radius 1 is 1.35 bits per heavy atom. The van der Waals surface area contributed by atoms with E-state index in [4.69, 9.17) is 0 Å². The fourth-order valence-corrected chi connectivity index (χ4v) is 3.59. The Hall–Kier alpha value is -0.610. The summed E-state index contributed by atoms with van der Waals surface area (Å²) < 4.78 is 0. The van der Waals surface area contributed by atoms with Crippen molar-refractivity contribution in [2.45, 2.75) is 38.1 Å². The third-order valence-electron chi connectivity index (χ3n) is 4.75. The number of hydrogen-bond acceptors (Lipinski definition) is 3. The van der Waals surface area contributed by atoms with E-state index in [9.17, 15) is 9.90 Å². The number of carboxylic acids is 1. The minimum absolute atomic E-state index is 0.0624. The van der Waals surface area contributed by atoms with Crippen molar-refractivity contribution in [2.24, 2.45) is 5.92 Å². The molecule has 98 valence electrons. The summed E-state index contributed by atoms with van der Waals surface area (Å²) in [7, 11) is 2.14. The van der Waals surface area contributed by atoms with Gasteiger partial charge in [-0.3, -0.25) is 9.69 Å². The molecule has 2 atom stereocenters. The third kappa shape index (κ3) is 2.47. The molecule has 2 unspecified atom stereocenters. The van der Waals surface area contributed by atoms with Crippen molar-refractivity contribution in [3.63, 3.8) is 0 Å². The monoisotopic (exact) mass is 240 g/mol. The lowest BCUT2D eigenvalue weighted by atomic mass is 9.82. The molecule has 4 nitrogen and oxygen atoms in total. The average molecular weight is 240 g/mol. The van der Waals surface area contributed by atoms with E-state index < -0.39 is 5.97 Å². The molecule has 1 aliphatic heterocycles. The normalized spacial score (nSPS) is 36.2. The minimum Gasteiger partial charge on any atom is -0.481 e. The summed E-state index contributed by atoms with van der Waals surface area (Å²) in [5.41, 5.74) is -0.0624. The Labute approximate surface area is 104 Å². The lowest BCUT2D eigenvalue weighted by Gasteiger charge is -2.47. The lowest BCUT2D eigenvalue weighted by Crippen LogP contribution is -2.58. The highest BCUT2D eigenvalue weighted by Crippen LogP contribution is 2.43. The molecular formula is C13H24N2O2. The van der Waals surface area contributed by atoms with Gasteiger partial charge in [0.1, 0.15) is 0 Å². The topological polar surface area (TPSA) is 43.8 Å². The van der Waals surface area contributed by atoms with Gasteiger partial charge in [0.25, 0.3) is 0 Å². The van der Waals surface area contributed by atoms with Gasteiger partial charge in [0, 0.05) is 31.7 Å². The zero-order chi connectivity index (χ0) is 12.5. The highest BCUT2D eigenvalue weighted by molar-refractivity contribution is 5.68. The molecule has 17 heavy (non-hydrogen) atoms. The molecule has 0 radical (unpaired) electrons. The Balaban J connectivity index is 2.12.